The largest absolute Gasteiger partial charge is 0.352 e. The molecule has 2 unspecified atom stereocenters. The van der Waals surface area contributed by atoms with Gasteiger partial charge in [-0.3, -0.25) is 9.78 Å². The molecule has 0 aromatic carbocycles. The Labute approximate surface area is 145 Å². The van der Waals surface area contributed by atoms with Crippen molar-refractivity contribution < 1.29 is 4.79 Å². The zero-order valence-corrected chi connectivity index (χ0v) is 14.7. The fourth-order valence-corrected chi connectivity index (χ4v) is 4.28. The van der Waals surface area contributed by atoms with Gasteiger partial charge in [-0.15, -0.1) is 11.3 Å². The van der Waals surface area contributed by atoms with E-state index in [9.17, 15) is 4.79 Å². The number of aromatic nitrogens is 3. The highest BCUT2D eigenvalue weighted by atomic mass is 32.1. The van der Waals surface area contributed by atoms with Crippen LogP contribution in [0.25, 0.3) is 0 Å². The number of thiazole rings is 1. The zero-order chi connectivity index (χ0) is 16.7. The molecule has 0 N–H and O–H groups in total. The molecule has 4 rings (SSSR count). The van der Waals surface area contributed by atoms with Crippen molar-refractivity contribution in [3.05, 3.63) is 34.7 Å². The second kappa shape index (κ2) is 6.12. The Hall–Kier alpha value is -2.02. The van der Waals surface area contributed by atoms with Crippen molar-refractivity contribution in [1.29, 1.82) is 0 Å². The predicted octanol–water partition coefficient (Wildman–Crippen LogP) is 2.55. The molecule has 7 heteroatoms. The van der Waals surface area contributed by atoms with E-state index >= 15 is 0 Å². The van der Waals surface area contributed by atoms with E-state index < -0.39 is 0 Å². The molecule has 2 atom stereocenters. The summed E-state index contributed by atoms with van der Waals surface area (Å²) in [4.78, 5) is 30.8. The number of carbonyl (C=O) groups excluding carboxylic acids is 1. The minimum absolute atomic E-state index is 0.134. The standard InChI is InChI=1S/C17H21N5OS/c1-11(2)14-5-16(20-9-19-14)21-7-12-3-4-13(8-21)22(12)17(23)15-6-18-10-24-15/h5-6,9-13H,3-4,7-8H2,1-2H3. The molecule has 2 saturated heterocycles. The van der Waals surface area contributed by atoms with E-state index in [1.54, 1.807) is 18.0 Å². The van der Waals surface area contributed by atoms with Crippen molar-refractivity contribution in [3.63, 3.8) is 0 Å². The molecule has 2 aromatic heterocycles. The summed E-state index contributed by atoms with van der Waals surface area (Å²) in [5.74, 6) is 1.50. The van der Waals surface area contributed by atoms with E-state index in [0.29, 0.717) is 5.92 Å². The van der Waals surface area contributed by atoms with Crippen LogP contribution in [0, 0.1) is 0 Å². The van der Waals surface area contributed by atoms with Gasteiger partial charge in [0.1, 0.15) is 17.0 Å². The van der Waals surface area contributed by atoms with E-state index in [1.165, 1.54) is 11.3 Å². The summed E-state index contributed by atoms with van der Waals surface area (Å²) < 4.78 is 0. The van der Waals surface area contributed by atoms with E-state index in [4.69, 9.17) is 0 Å². The van der Waals surface area contributed by atoms with Crippen LogP contribution in [-0.2, 0) is 0 Å². The molecule has 24 heavy (non-hydrogen) atoms. The Balaban J connectivity index is 1.54. The van der Waals surface area contributed by atoms with Crippen LogP contribution in [0.15, 0.2) is 24.1 Å². The Kier molecular flexibility index (Phi) is 3.96. The van der Waals surface area contributed by atoms with Crippen LogP contribution in [0.3, 0.4) is 0 Å². The molecule has 1 amide bonds. The molecule has 0 saturated carbocycles. The van der Waals surface area contributed by atoms with Gasteiger partial charge in [-0.2, -0.15) is 0 Å². The third kappa shape index (κ3) is 2.66. The summed E-state index contributed by atoms with van der Waals surface area (Å²) in [6.45, 7) is 5.97. The normalized spacial score (nSPS) is 23.1. The van der Waals surface area contributed by atoms with Crippen molar-refractivity contribution in [2.75, 3.05) is 18.0 Å². The van der Waals surface area contributed by atoms with Crippen molar-refractivity contribution in [1.82, 2.24) is 19.9 Å². The average Bonchev–Trinajstić information content (AvgIpc) is 3.21. The average molecular weight is 343 g/mol. The van der Waals surface area contributed by atoms with Crippen LogP contribution in [0.4, 0.5) is 5.82 Å². The summed E-state index contributed by atoms with van der Waals surface area (Å²) in [5, 5.41) is 0. The fraction of sp³-hybridized carbons (Fsp3) is 0.529. The molecule has 0 radical (unpaired) electrons. The molecule has 6 nitrogen and oxygen atoms in total. The Morgan fingerprint density at radius 2 is 2.00 bits per heavy atom. The summed E-state index contributed by atoms with van der Waals surface area (Å²) >= 11 is 1.42. The van der Waals surface area contributed by atoms with Gasteiger partial charge in [0.05, 0.1) is 23.8 Å². The third-order valence-electron chi connectivity index (χ3n) is 4.95. The van der Waals surface area contributed by atoms with Crippen molar-refractivity contribution in [3.8, 4) is 0 Å². The number of hydrogen-bond donors (Lipinski definition) is 0. The fourth-order valence-electron chi connectivity index (χ4n) is 3.72. The highest BCUT2D eigenvalue weighted by Gasteiger charge is 2.43. The van der Waals surface area contributed by atoms with Crippen molar-refractivity contribution >= 4 is 23.1 Å². The summed E-state index contributed by atoms with van der Waals surface area (Å²) in [7, 11) is 0. The van der Waals surface area contributed by atoms with Crippen LogP contribution in [0.2, 0.25) is 0 Å². The molecule has 2 aliphatic heterocycles. The predicted molar refractivity (Wildman–Crippen MR) is 93.4 cm³/mol. The van der Waals surface area contributed by atoms with Gasteiger partial charge >= 0.3 is 0 Å². The van der Waals surface area contributed by atoms with E-state index in [-0.39, 0.29) is 18.0 Å². The summed E-state index contributed by atoms with van der Waals surface area (Å²) in [5.41, 5.74) is 2.79. The number of rotatable bonds is 3. The Morgan fingerprint density at radius 1 is 1.25 bits per heavy atom. The lowest BCUT2D eigenvalue weighted by molar-refractivity contribution is 0.0646. The minimum atomic E-state index is 0.134. The van der Waals surface area contributed by atoms with E-state index in [2.05, 4.69) is 44.7 Å². The quantitative estimate of drug-likeness (QED) is 0.857. The molecule has 2 aromatic rings. The van der Waals surface area contributed by atoms with Crippen LogP contribution in [0.5, 0.6) is 0 Å². The second-order valence-corrected chi connectivity index (χ2v) is 7.71. The van der Waals surface area contributed by atoms with Crippen LogP contribution in [0.1, 0.15) is 48.0 Å². The maximum atomic E-state index is 12.8. The molecule has 2 bridgehead atoms. The summed E-state index contributed by atoms with van der Waals surface area (Å²) in [6.07, 6.45) is 5.46. The van der Waals surface area contributed by atoms with Gasteiger partial charge < -0.3 is 9.80 Å². The van der Waals surface area contributed by atoms with Gasteiger partial charge in [0.2, 0.25) is 0 Å². The number of carbonyl (C=O) groups is 1. The van der Waals surface area contributed by atoms with Gasteiger partial charge in [0, 0.05) is 24.8 Å². The number of amides is 1. The number of nitrogens with zero attached hydrogens (tertiary/aromatic N) is 5. The van der Waals surface area contributed by atoms with Crippen LogP contribution < -0.4 is 4.90 Å². The highest BCUT2D eigenvalue weighted by molar-refractivity contribution is 7.11. The third-order valence-corrected chi connectivity index (χ3v) is 5.71. The van der Waals surface area contributed by atoms with Gasteiger partial charge in [-0.05, 0) is 18.8 Å². The molecule has 0 spiro atoms. The van der Waals surface area contributed by atoms with E-state index in [0.717, 1.165) is 42.3 Å². The lowest BCUT2D eigenvalue weighted by Gasteiger charge is -2.41. The van der Waals surface area contributed by atoms with Gasteiger partial charge in [0.15, 0.2) is 0 Å². The van der Waals surface area contributed by atoms with Gasteiger partial charge in [-0.1, -0.05) is 13.8 Å². The Bertz CT molecular complexity index is 718. The number of anilines is 1. The zero-order valence-electron chi connectivity index (χ0n) is 13.9. The van der Waals surface area contributed by atoms with Gasteiger partial charge in [0.25, 0.3) is 5.91 Å². The topological polar surface area (TPSA) is 62.2 Å². The smallest absolute Gasteiger partial charge is 0.266 e. The number of hydrogen-bond acceptors (Lipinski definition) is 6. The molecule has 2 aliphatic rings. The second-order valence-electron chi connectivity index (χ2n) is 6.82. The van der Waals surface area contributed by atoms with Gasteiger partial charge in [-0.25, -0.2) is 9.97 Å². The van der Waals surface area contributed by atoms with Crippen molar-refractivity contribution in [2.45, 2.75) is 44.7 Å². The molecule has 0 aliphatic carbocycles. The first-order chi connectivity index (χ1) is 11.6. The maximum Gasteiger partial charge on any atom is 0.266 e. The molecule has 2 fully saturated rings. The molecular weight excluding hydrogens is 322 g/mol. The first-order valence-corrected chi connectivity index (χ1v) is 9.29. The first kappa shape index (κ1) is 15.5. The molecule has 126 valence electrons. The van der Waals surface area contributed by atoms with Crippen LogP contribution in [-0.4, -0.2) is 50.9 Å². The highest BCUT2D eigenvalue weighted by Crippen LogP contribution is 2.34. The lowest BCUT2D eigenvalue weighted by atomic mass is 10.1. The minimum Gasteiger partial charge on any atom is -0.352 e. The lowest BCUT2D eigenvalue weighted by Crippen LogP contribution is -2.56. The Morgan fingerprint density at radius 3 is 2.62 bits per heavy atom. The SMILES string of the molecule is CC(C)c1cc(N2CC3CCC(C2)N3C(=O)c2cncs2)ncn1. The van der Waals surface area contributed by atoms with E-state index in [1.807, 2.05) is 0 Å². The maximum absolute atomic E-state index is 12.8. The van der Waals surface area contributed by atoms with Crippen LogP contribution >= 0.6 is 11.3 Å². The molecule has 4 heterocycles. The number of fused-ring (bicyclic) bond motifs is 2. The monoisotopic (exact) mass is 343 g/mol. The summed E-state index contributed by atoms with van der Waals surface area (Å²) in [6, 6.07) is 2.61. The number of piperazine rings is 1. The molecular formula is C17H21N5OS. The van der Waals surface area contributed by atoms with Crippen molar-refractivity contribution in [2.24, 2.45) is 0 Å². The first-order valence-electron chi connectivity index (χ1n) is 8.41.